The maximum absolute atomic E-state index is 12.5. The van der Waals surface area contributed by atoms with Crippen molar-refractivity contribution in [3.63, 3.8) is 0 Å². The number of aliphatic hydroxyl groups is 2. The summed E-state index contributed by atoms with van der Waals surface area (Å²) in [5.41, 5.74) is 0. The van der Waals surface area contributed by atoms with E-state index < -0.39 is 12.1 Å². The van der Waals surface area contributed by atoms with E-state index in [1.165, 1.54) is 276 Å². The number of allylic oxidation sites excluding steroid dienone is 4. The van der Waals surface area contributed by atoms with Crippen LogP contribution in [0.3, 0.4) is 0 Å². The minimum Gasteiger partial charge on any atom is -0.466 e. The average Bonchev–Trinajstić information content (AvgIpc) is 3.37. The van der Waals surface area contributed by atoms with Crippen LogP contribution in [0.2, 0.25) is 0 Å². The Morgan fingerprint density at radius 2 is 0.662 bits per heavy atom. The molecule has 6 nitrogen and oxygen atoms in total. The molecule has 0 aliphatic rings. The maximum Gasteiger partial charge on any atom is 0.305 e. The van der Waals surface area contributed by atoms with E-state index in [4.69, 9.17) is 4.74 Å². The summed E-state index contributed by atoms with van der Waals surface area (Å²) in [6, 6.07) is -0.547. The normalized spacial score (nSPS) is 12.7. The van der Waals surface area contributed by atoms with Crippen molar-refractivity contribution < 1.29 is 24.5 Å². The Hall–Kier alpha value is -1.66. The molecule has 71 heavy (non-hydrogen) atoms. The largest absolute Gasteiger partial charge is 0.466 e. The molecule has 0 aliphatic carbocycles. The second kappa shape index (κ2) is 60.9. The first-order valence-corrected chi connectivity index (χ1v) is 32.1. The number of amides is 1. The molecular formula is C65H125NO5. The fourth-order valence-corrected chi connectivity index (χ4v) is 10.0. The highest BCUT2D eigenvalue weighted by atomic mass is 16.5. The van der Waals surface area contributed by atoms with E-state index in [2.05, 4.69) is 43.5 Å². The molecule has 2 unspecified atom stereocenters. The number of ether oxygens (including phenoxy) is 1. The van der Waals surface area contributed by atoms with E-state index >= 15 is 0 Å². The van der Waals surface area contributed by atoms with Crippen molar-refractivity contribution in [2.24, 2.45) is 0 Å². The number of unbranched alkanes of at least 4 members (excludes halogenated alkanes) is 45. The number of nitrogens with one attached hydrogen (secondary N) is 1. The van der Waals surface area contributed by atoms with Crippen LogP contribution in [0.4, 0.5) is 0 Å². The van der Waals surface area contributed by atoms with Gasteiger partial charge in [-0.05, 0) is 77.0 Å². The summed E-state index contributed by atoms with van der Waals surface area (Å²) < 4.78 is 5.48. The second-order valence-electron chi connectivity index (χ2n) is 22.1. The van der Waals surface area contributed by atoms with Crippen molar-refractivity contribution in [1.29, 1.82) is 0 Å². The highest BCUT2D eigenvalue weighted by Gasteiger charge is 2.20. The Morgan fingerprint density at radius 1 is 0.380 bits per heavy atom. The van der Waals surface area contributed by atoms with Crippen molar-refractivity contribution in [1.82, 2.24) is 5.32 Å². The van der Waals surface area contributed by atoms with Gasteiger partial charge in [0, 0.05) is 12.8 Å². The van der Waals surface area contributed by atoms with Crippen LogP contribution in [-0.2, 0) is 14.3 Å². The maximum atomic E-state index is 12.5. The molecule has 1 amide bonds. The van der Waals surface area contributed by atoms with E-state index in [-0.39, 0.29) is 18.5 Å². The number of hydrogen-bond acceptors (Lipinski definition) is 5. The summed E-state index contributed by atoms with van der Waals surface area (Å²) in [6.45, 7) is 4.96. The monoisotopic (exact) mass is 1000 g/mol. The van der Waals surface area contributed by atoms with Crippen molar-refractivity contribution in [3.8, 4) is 0 Å². The van der Waals surface area contributed by atoms with Crippen LogP contribution in [-0.4, -0.2) is 47.4 Å². The van der Waals surface area contributed by atoms with Gasteiger partial charge in [0.15, 0.2) is 0 Å². The molecule has 0 heterocycles. The van der Waals surface area contributed by atoms with Gasteiger partial charge in [-0.15, -0.1) is 0 Å². The first-order valence-electron chi connectivity index (χ1n) is 32.1. The van der Waals surface area contributed by atoms with Gasteiger partial charge in [-0.3, -0.25) is 9.59 Å². The molecule has 0 aromatic heterocycles. The lowest BCUT2D eigenvalue weighted by molar-refractivity contribution is -0.143. The Morgan fingerprint density at radius 3 is 1.00 bits per heavy atom. The first kappa shape index (κ1) is 69.3. The number of hydrogen-bond donors (Lipinski definition) is 3. The fourth-order valence-electron chi connectivity index (χ4n) is 10.0. The fraction of sp³-hybridized carbons (Fsp3) is 0.908. The summed E-state index contributed by atoms with van der Waals surface area (Å²) in [5, 5.41) is 23.3. The Kier molecular flexibility index (Phi) is 59.5. The average molecular weight is 1000 g/mol. The van der Waals surface area contributed by atoms with Crippen LogP contribution < -0.4 is 5.32 Å². The zero-order chi connectivity index (χ0) is 51.4. The highest BCUT2D eigenvalue weighted by Crippen LogP contribution is 2.18. The molecule has 0 fully saturated rings. The summed E-state index contributed by atoms with van der Waals surface area (Å²) in [5.74, 6) is -0.0369. The first-order chi connectivity index (χ1) is 35.0. The predicted molar refractivity (Wildman–Crippen MR) is 310 cm³/mol. The molecule has 0 aromatic rings. The van der Waals surface area contributed by atoms with E-state index in [1.807, 2.05) is 0 Å². The van der Waals surface area contributed by atoms with Gasteiger partial charge in [0.25, 0.3) is 0 Å². The number of aliphatic hydroxyl groups excluding tert-OH is 2. The Balaban J connectivity index is 3.41. The third-order valence-electron chi connectivity index (χ3n) is 15.0. The zero-order valence-corrected chi connectivity index (χ0v) is 48.0. The van der Waals surface area contributed by atoms with Gasteiger partial charge in [0.1, 0.15) is 0 Å². The van der Waals surface area contributed by atoms with Crippen LogP contribution in [0.5, 0.6) is 0 Å². The minimum absolute atomic E-state index is 0.00257. The topological polar surface area (TPSA) is 95.9 Å². The molecule has 0 radical (unpaired) electrons. The highest BCUT2D eigenvalue weighted by molar-refractivity contribution is 5.76. The summed E-state index contributed by atoms with van der Waals surface area (Å²) in [7, 11) is 0. The molecule has 0 saturated heterocycles. The Bertz CT molecular complexity index is 1110. The van der Waals surface area contributed by atoms with Crippen LogP contribution in [0.25, 0.3) is 0 Å². The van der Waals surface area contributed by atoms with Crippen molar-refractivity contribution >= 4 is 11.9 Å². The quantitative estimate of drug-likeness (QED) is 0.0320. The summed E-state index contributed by atoms with van der Waals surface area (Å²) in [4.78, 5) is 24.6. The predicted octanol–water partition coefficient (Wildman–Crippen LogP) is 20.2. The van der Waals surface area contributed by atoms with E-state index in [0.717, 1.165) is 44.9 Å². The van der Waals surface area contributed by atoms with Crippen LogP contribution >= 0.6 is 0 Å². The third kappa shape index (κ3) is 57.5. The smallest absolute Gasteiger partial charge is 0.305 e. The standard InChI is InChI=1S/C65H125NO5/c1-3-5-7-9-11-13-15-17-19-26-30-33-37-41-45-49-53-57-63(68)62(61-67)66-64(69)58-54-50-46-42-38-34-31-27-24-22-20-21-23-25-28-32-36-40-44-48-52-56-60-71-65(70)59-55-51-47-43-39-35-29-18-16-14-12-10-8-6-4-2/h18,22,24,29,62-63,67-68H,3-17,19-21,23,25-28,30-61H2,1-2H3,(H,66,69)/b24-22-,29-18-. The molecule has 6 heteroatoms. The number of carbonyl (C=O) groups excluding carboxylic acids is 2. The van der Waals surface area contributed by atoms with Crippen LogP contribution in [0.15, 0.2) is 24.3 Å². The van der Waals surface area contributed by atoms with E-state index in [0.29, 0.717) is 25.9 Å². The molecular weight excluding hydrogens is 875 g/mol. The van der Waals surface area contributed by atoms with Gasteiger partial charge < -0.3 is 20.3 Å². The van der Waals surface area contributed by atoms with Gasteiger partial charge in [0.05, 0.1) is 25.4 Å². The number of rotatable bonds is 60. The van der Waals surface area contributed by atoms with Gasteiger partial charge in [-0.2, -0.15) is 0 Å². The van der Waals surface area contributed by atoms with Crippen molar-refractivity contribution in [2.45, 2.75) is 366 Å². The van der Waals surface area contributed by atoms with Gasteiger partial charge in [0.2, 0.25) is 5.91 Å². The van der Waals surface area contributed by atoms with Crippen molar-refractivity contribution in [2.75, 3.05) is 13.2 Å². The molecule has 2 atom stereocenters. The molecule has 0 aromatic carbocycles. The minimum atomic E-state index is -0.669. The molecule has 0 saturated carbocycles. The molecule has 420 valence electrons. The van der Waals surface area contributed by atoms with Gasteiger partial charge >= 0.3 is 5.97 Å². The van der Waals surface area contributed by atoms with Crippen LogP contribution in [0, 0.1) is 0 Å². The van der Waals surface area contributed by atoms with Gasteiger partial charge in [-0.25, -0.2) is 0 Å². The molecule has 0 rings (SSSR count). The lowest BCUT2D eigenvalue weighted by atomic mass is 10.0. The summed E-state index contributed by atoms with van der Waals surface area (Å²) in [6.07, 6.45) is 74.8. The Labute approximate surface area is 443 Å². The lowest BCUT2D eigenvalue weighted by Gasteiger charge is -2.22. The molecule has 0 aliphatic heterocycles. The molecule has 0 spiro atoms. The third-order valence-corrected chi connectivity index (χ3v) is 15.0. The SMILES string of the molecule is CCCCCCCC/C=C\CCCCCCCC(=O)OCCCCCCCCCCCCC/C=C\CCCCCCCCCC(=O)NC(CO)C(O)CCCCCCCCCCCCCCCCCCC. The van der Waals surface area contributed by atoms with E-state index in [9.17, 15) is 19.8 Å². The summed E-state index contributed by atoms with van der Waals surface area (Å²) >= 11 is 0. The van der Waals surface area contributed by atoms with E-state index in [1.54, 1.807) is 0 Å². The molecule has 3 N–H and O–H groups in total. The van der Waals surface area contributed by atoms with Gasteiger partial charge in [-0.1, -0.05) is 289 Å². The molecule has 0 bridgehead atoms. The number of esters is 1. The second-order valence-corrected chi connectivity index (χ2v) is 22.1. The zero-order valence-electron chi connectivity index (χ0n) is 48.0. The lowest BCUT2D eigenvalue weighted by Crippen LogP contribution is -2.45. The van der Waals surface area contributed by atoms with Crippen molar-refractivity contribution in [3.05, 3.63) is 24.3 Å². The number of carbonyl (C=O) groups is 2. The van der Waals surface area contributed by atoms with Crippen LogP contribution in [0.1, 0.15) is 354 Å².